The Hall–Kier alpha value is -0.650. The van der Waals surface area contributed by atoms with Gasteiger partial charge < -0.3 is 15.1 Å². The highest BCUT2D eigenvalue weighted by atomic mass is 16.2. The van der Waals surface area contributed by atoms with Crippen molar-refractivity contribution in [2.45, 2.75) is 19.0 Å². The van der Waals surface area contributed by atoms with Crippen molar-refractivity contribution >= 4 is 5.91 Å². The Kier molecular flexibility index (Phi) is 5.36. The van der Waals surface area contributed by atoms with Crippen molar-refractivity contribution in [2.75, 3.05) is 54.4 Å². The van der Waals surface area contributed by atoms with Crippen LogP contribution in [0.5, 0.6) is 0 Å². The fourth-order valence-corrected chi connectivity index (χ4v) is 2.11. The molecule has 17 heavy (non-hydrogen) atoms. The SMILES string of the molecule is CC(NCC1CN(C)CCN1C)C(=O)N(C)C. The first kappa shape index (κ1) is 14.4. The second kappa shape index (κ2) is 6.33. The molecule has 0 aromatic rings. The highest BCUT2D eigenvalue weighted by Crippen LogP contribution is 2.05. The topological polar surface area (TPSA) is 38.8 Å². The van der Waals surface area contributed by atoms with E-state index in [1.807, 2.05) is 6.92 Å². The number of amides is 1. The molecule has 5 nitrogen and oxygen atoms in total. The van der Waals surface area contributed by atoms with Crippen LogP contribution in [-0.4, -0.2) is 87.1 Å². The van der Waals surface area contributed by atoms with Gasteiger partial charge in [0.05, 0.1) is 6.04 Å². The molecule has 100 valence electrons. The Morgan fingerprint density at radius 1 is 1.41 bits per heavy atom. The third-order valence-electron chi connectivity index (χ3n) is 3.45. The molecule has 1 rings (SSSR count). The van der Waals surface area contributed by atoms with Crippen LogP contribution in [0.25, 0.3) is 0 Å². The smallest absolute Gasteiger partial charge is 0.238 e. The first-order chi connectivity index (χ1) is 7.91. The number of carbonyl (C=O) groups is 1. The van der Waals surface area contributed by atoms with Crippen molar-refractivity contribution in [2.24, 2.45) is 0 Å². The Morgan fingerprint density at radius 2 is 2.06 bits per heavy atom. The van der Waals surface area contributed by atoms with E-state index >= 15 is 0 Å². The van der Waals surface area contributed by atoms with E-state index in [2.05, 4.69) is 29.2 Å². The second-order valence-electron chi connectivity index (χ2n) is 5.26. The minimum absolute atomic E-state index is 0.106. The van der Waals surface area contributed by atoms with Crippen LogP contribution in [0.1, 0.15) is 6.92 Å². The summed E-state index contributed by atoms with van der Waals surface area (Å²) in [4.78, 5) is 18.0. The number of likely N-dealkylation sites (N-methyl/N-ethyl adjacent to an activating group) is 3. The molecule has 1 amide bonds. The molecule has 5 heteroatoms. The van der Waals surface area contributed by atoms with E-state index in [9.17, 15) is 4.79 Å². The molecule has 0 spiro atoms. The molecule has 2 atom stereocenters. The fourth-order valence-electron chi connectivity index (χ4n) is 2.11. The summed E-state index contributed by atoms with van der Waals surface area (Å²) in [6.45, 7) is 6.07. The van der Waals surface area contributed by atoms with Gasteiger partial charge in [0, 0.05) is 46.3 Å². The Bertz CT molecular complexity index is 257. The normalized spacial score (nSPS) is 24.6. The van der Waals surface area contributed by atoms with Crippen molar-refractivity contribution in [1.82, 2.24) is 20.0 Å². The lowest BCUT2D eigenvalue weighted by molar-refractivity contribution is -0.130. The number of nitrogens with one attached hydrogen (secondary N) is 1. The monoisotopic (exact) mass is 242 g/mol. The minimum Gasteiger partial charge on any atom is -0.347 e. The number of hydrogen-bond donors (Lipinski definition) is 1. The number of hydrogen-bond acceptors (Lipinski definition) is 4. The maximum atomic E-state index is 11.7. The van der Waals surface area contributed by atoms with E-state index in [1.54, 1.807) is 19.0 Å². The summed E-state index contributed by atoms with van der Waals surface area (Å²) in [5.74, 6) is 0.136. The predicted molar refractivity (Wildman–Crippen MR) is 70.1 cm³/mol. The summed E-state index contributed by atoms with van der Waals surface area (Å²) in [5.41, 5.74) is 0. The highest BCUT2D eigenvalue weighted by molar-refractivity contribution is 5.80. The molecule has 0 saturated carbocycles. The highest BCUT2D eigenvalue weighted by Gasteiger charge is 2.23. The fraction of sp³-hybridized carbons (Fsp3) is 0.917. The molecule has 2 unspecified atom stereocenters. The van der Waals surface area contributed by atoms with Gasteiger partial charge >= 0.3 is 0 Å². The molecule has 1 aliphatic rings. The van der Waals surface area contributed by atoms with E-state index < -0.39 is 0 Å². The Morgan fingerprint density at radius 3 is 2.65 bits per heavy atom. The van der Waals surface area contributed by atoms with Gasteiger partial charge in [0.15, 0.2) is 0 Å². The van der Waals surface area contributed by atoms with Crippen LogP contribution >= 0.6 is 0 Å². The Labute approximate surface area is 105 Å². The summed E-state index contributed by atoms with van der Waals surface area (Å²) < 4.78 is 0. The van der Waals surface area contributed by atoms with Gasteiger partial charge in [-0.25, -0.2) is 0 Å². The lowest BCUT2D eigenvalue weighted by Gasteiger charge is -2.38. The maximum absolute atomic E-state index is 11.7. The molecule has 0 radical (unpaired) electrons. The van der Waals surface area contributed by atoms with Crippen LogP contribution in [0, 0.1) is 0 Å². The van der Waals surface area contributed by atoms with Gasteiger partial charge in [0.2, 0.25) is 5.91 Å². The second-order valence-corrected chi connectivity index (χ2v) is 5.26. The number of rotatable bonds is 4. The van der Waals surface area contributed by atoms with Crippen LogP contribution in [0.3, 0.4) is 0 Å². The summed E-state index contributed by atoms with van der Waals surface area (Å²) in [6, 6.07) is 0.386. The van der Waals surface area contributed by atoms with Gasteiger partial charge in [0.1, 0.15) is 0 Å². The molecule has 1 aliphatic heterocycles. The van der Waals surface area contributed by atoms with E-state index in [-0.39, 0.29) is 11.9 Å². The van der Waals surface area contributed by atoms with Crippen molar-refractivity contribution in [3.05, 3.63) is 0 Å². The lowest BCUT2D eigenvalue weighted by Crippen LogP contribution is -2.55. The summed E-state index contributed by atoms with van der Waals surface area (Å²) in [5, 5.41) is 3.32. The predicted octanol–water partition coefficient (Wildman–Crippen LogP) is -0.701. The zero-order valence-electron chi connectivity index (χ0n) is 11.7. The third kappa shape index (κ3) is 4.26. The van der Waals surface area contributed by atoms with E-state index in [4.69, 9.17) is 0 Å². The Balaban J connectivity index is 2.36. The van der Waals surface area contributed by atoms with Gasteiger partial charge in [-0.1, -0.05) is 0 Å². The molecule has 0 aliphatic carbocycles. The van der Waals surface area contributed by atoms with E-state index in [0.717, 1.165) is 26.2 Å². The summed E-state index contributed by atoms with van der Waals surface area (Å²) in [6.07, 6.45) is 0. The average Bonchev–Trinajstić information content (AvgIpc) is 2.28. The average molecular weight is 242 g/mol. The van der Waals surface area contributed by atoms with Crippen LogP contribution in [0.2, 0.25) is 0 Å². The molecule has 0 aromatic carbocycles. The molecule has 0 aromatic heterocycles. The summed E-state index contributed by atoms with van der Waals surface area (Å²) in [7, 11) is 7.88. The zero-order valence-corrected chi connectivity index (χ0v) is 11.7. The standard InChI is InChI=1S/C12H26N4O/c1-10(12(17)14(2)3)13-8-11-9-15(4)6-7-16(11)5/h10-11,13H,6-9H2,1-5H3. The third-order valence-corrected chi connectivity index (χ3v) is 3.45. The minimum atomic E-state index is -0.106. The van der Waals surface area contributed by atoms with Gasteiger partial charge in [0.25, 0.3) is 0 Å². The van der Waals surface area contributed by atoms with Gasteiger partial charge in [-0.2, -0.15) is 0 Å². The van der Waals surface area contributed by atoms with Gasteiger partial charge in [-0.05, 0) is 21.0 Å². The molecule has 1 fully saturated rings. The van der Waals surface area contributed by atoms with Gasteiger partial charge in [-0.15, -0.1) is 0 Å². The number of carbonyl (C=O) groups excluding carboxylic acids is 1. The first-order valence-electron chi connectivity index (χ1n) is 6.25. The first-order valence-corrected chi connectivity index (χ1v) is 6.25. The van der Waals surface area contributed by atoms with Crippen molar-refractivity contribution in [1.29, 1.82) is 0 Å². The molecule has 1 heterocycles. The lowest BCUT2D eigenvalue weighted by atomic mass is 10.1. The van der Waals surface area contributed by atoms with Crippen LogP contribution in [0.4, 0.5) is 0 Å². The van der Waals surface area contributed by atoms with Crippen LogP contribution < -0.4 is 5.32 Å². The van der Waals surface area contributed by atoms with Crippen molar-refractivity contribution in [3.8, 4) is 0 Å². The molecule has 0 bridgehead atoms. The molecular formula is C12H26N4O. The molecule has 1 saturated heterocycles. The largest absolute Gasteiger partial charge is 0.347 e. The van der Waals surface area contributed by atoms with Gasteiger partial charge in [-0.3, -0.25) is 9.69 Å². The van der Waals surface area contributed by atoms with Crippen LogP contribution in [0.15, 0.2) is 0 Å². The maximum Gasteiger partial charge on any atom is 0.238 e. The van der Waals surface area contributed by atoms with E-state index in [0.29, 0.717) is 6.04 Å². The van der Waals surface area contributed by atoms with Crippen molar-refractivity contribution < 1.29 is 4.79 Å². The molecule has 1 N–H and O–H groups in total. The molecular weight excluding hydrogens is 216 g/mol. The summed E-state index contributed by atoms with van der Waals surface area (Å²) >= 11 is 0. The number of nitrogens with zero attached hydrogens (tertiary/aromatic N) is 3. The quantitative estimate of drug-likeness (QED) is 0.707. The zero-order chi connectivity index (χ0) is 13.0. The van der Waals surface area contributed by atoms with E-state index in [1.165, 1.54) is 0 Å². The van der Waals surface area contributed by atoms with Crippen molar-refractivity contribution in [3.63, 3.8) is 0 Å². The number of piperazine rings is 1. The van der Waals surface area contributed by atoms with Crippen LogP contribution in [-0.2, 0) is 4.79 Å².